The minimum absolute atomic E-state index is 0.387. The lowest BCUT2D eigenvalue weighted by molar-refractivity contribution is 0.494. The molecule has 0 heterocycles. The maximum atomic E-state index is 11.2. The van der Waals surface area contributed by atoms with Crippen LogP contribution in [0.25, 0.3) is 0 Å². The van der Waals surface area contributed by atoms with Gasteiger partial charge >= 0.3 is 0 Å². The minimum Gasteiger partial charge on any atom is -0.382 e. The molecule has 0 fully saturated rings. The van der Waals surface area contributed by atoms with Gasteiger partial charge < -0.3 is 5.32 Å². The van der Waals surface area contributed by atoms with Crippen LogP contribution in [0.2, 0.25) is 0 Å². The topological polar surface area (TPSA) is 58.2 Å². The Balaban J connectivity index is 2.82. The molecule has 108 valence electrons. The van der Waals surface area contributed by atoms with Crippen molar-refractivity contribution >= 4 is 21.4 Å². The Bertz CT molecular complexity index is 526. The Morgan fingerprint density at radius 3 is 2.37 bits per heavy atom. The molecule has 2 atom stereocenters. The molecule has 2 N–H and O–H groups in total. The van der Waals surface area contributed by atoms with E-state index in [0.29, 0.717) is 17.6 Å². The van der Waals surface area contributed by atoms with Crippen LogP contribution in [0.1, 0.15) is 32.8 Å². The third-order valence-electron chi connectivity index (χ3n) is 3.41. The van der Waals surface area contributed by atoms with Crippen molar-refractivity contribution in [2.75, 3.05) is 16.3 Å². The Hall–Kier alpha value is -1.23. The van der Waals surface area contributed by atoms with Gasteiger partial charge in [-0.3, -0.25) is 4.72 Å². The Morgan fingerprint density at radius 1 is 1.26 bits per heavy atom. The van der Waals surface area contributed by atoms with Gasteiger partial charge in [-0.05, 0) is 43.5 Å². The first kappa shape index (κ1) is 15.8. The molecule has 19 heavy (non-hydrogen) atoms. The molecule has 1 rings (SSSR count). The number of hydrogen-bond acceptors (Lipinski definition) is 3. The quantitative estimate of drug-likeness (QED) is 0.843. The van der Waals surface area contributed by atoms with Crippen molar-refractivity contribution in [2.45, 2.75) is 40.2 Å². The second-order valence-corrected chi connectivity index (χ2v) is 6.97. The van der Waals surface area contributed by atoms with Gasteiger partial charge in [0.25, 0.3) is 0 Å². The number of nitrogens with one attached hydrogen (secondary N) is 2. The van der Waals surface area contributed by atoms with Gasteiger partial charge in [-0.25, -0.2) is 8.42 Å². The lowest BCUT2D eigenvalue weighted by Crippen LogP contribution is -2.23. The highest BCUT2D eigenvalue weighted by atomic mass is 32.2. The van der Waals surface area contributed by atoms with Crippen molar-refractivity contribution in [3.8, 4) is 0 Å². The van der Waals surface area contributed by atoms with Gasteiger partial charge in [0.1, 0.15) is 0 Å². The summed E-state index contributed by atoms with van der Waals surface area (Å²) >= 11 is 0. The molecule has 0 bridgehead atoms. The number of anilines is 2. The van der Waals surface area contributed by atoms with Crippen LogP contribution in [0, 0.1) is 12.8 Å². The van der Waals surface area contributed by atoms with Crippen molar-refractivity contribution in [3.63, 3.8) is 0 Å². The van der Waals surface area contributed by atoms with Crippen LogP contribution in [-0.4, -0.2) is 20.7 Å². The fraction of sp³-hybridized carbons (Fsp3) is 0.571. The lowest BCUT2D eigenvalue weighted by Gasteiger charge is -2.21. The predicted molar refractivity (Wildman–Crippen MR) is 82.2 cm³/mol. The first-order chi connectivity index (χ1) is 8.73. The second kappa shape index (κ2) is 6.28. The zero-order valence-electron chi connectivity index (χ0n) is 12.3. The Morgan fingerprint density at radius 2 is 1.89 bits per heavy atom. The van der Waals surface area contributed by atoms with Gasteiger partial charge in [-0.1, -0.05) is 20.3 Å². The number of hydrogen-bond donors (Lipinski definition) is 2. The SMILES string of the molecule is CCC(C)C(C)Nc1ccc(NS(C)(=O)=O)c(C)c1. The van der Waals surface area contributed by atoms with E-state index in [9.17, 15) is 8.42 Å². The van der Waals surface area contributed by atoms with E-state index >= 15 is 0 Å². The molecule has 1 aromatic carbocycles. The summed E-state index contributed by atoms with van der Waals surface area (Å²) in [5, 5.41) is 3.45. The number of benzene rings is 1. The molecular formula is C14H24N2O2S. The maximum absolute atomic E-state index is 11.2. The first-order valence-corrected chi connectivity index (χ1v) is 8.47. The van der Waals surface area contributed by atoms with Gasteiger partial charge in [-0.2, -0.15) is 0 Å². The molecule has 0 aliphatic rings. The van der Waals surface area contributed by atoms with E-state index < -0.39 is 10.0 Å². The summed E-state index contributed by atoms with van der Waals surface area (Å²) in [7, 11) is -3.22. The fourth-order valence-electron chi connectivity index (χ4n) is 1.83. The van der Waals surface area contributed by atoms with Crippen LogP contribution in [0.3, 0.4) is 0 Å². The summed E-state index contributed by atoms with van der Waals surface area (Å²) in [5.41, 5.74) is 2.56. The third kappa shape index (κ3) is 5.11. The van der Waals surface area contributed by atoms with Gasteiger partial charge in [-0.15, -0.1) is 0 Å². The van der Waals surface area contributed by atoms with Crippen molar-refractivity contribution in [2.24, 2.45) is 5.92 Å². The van der Waals surface area contributed by atoms with E-state index in [1.165, 1.54) is 0 Å². The smallest absolute Gasteiger partial charge is 0.229 e. The van der Waals surface area contributed by atoms with E-state index in [0.717, 1.165) is 23.9 Å². The minimum atomic E-state index is -3.22. The first-order valence-electron chi connectivity index (χ1n) is 6.58. The van der Waals surface area contributed by atoms with Crippen molar-refractivity contribution in [3.05, 3.63) is 23.8 Å². The highest BCUT2D eigenvalue weighted by Crippen LogP contribution is 2.22. The monoisotopic (exact) mass is 284 g/mol. The van der Waals surface area contributed by atoms with E-state index in [4.69, 9.17) is 0 Å². The van der Waals surface area contributed by atoms with E-state index in [1.54, 1.807) is 6.07 Å². The highest BCUT2D eigenvalue weighted by molar-refractivity contribution is 7.92. The zero-order chi connectivity index (χ0) is 14.6. The maximum Gasteiger partial charge on any atom is 0.229 e. The summed E-state index contributed by atoms with van der Waals surface area (Å²) in [6.45, 7) is 8.44. The molecular weight excluding hydrogens is 260 g/mol. The summed E-state index contributed by atoms with van der Waals surface area (Å²) in [6, 6.07) is 6.05. The normalized spacial score (nSPS) is 14.8. The van der Waals surface area contributed by atoms with Gasteiger partial charge in [0.05, 0.1) is 11.9 Å². The molecule has 1 aromatic rings. The summed E-state index contributed by atoms with van der Waals surface area (Å²) in [4.78, 5) is 0. The molecule has 0 saturated heterocycles. The number of aryl methyl sites for hydroxylation is 1. The second-order valence-electron chi connectivity index (χ2n) is 5.22. The van der Waals surface area contributed by atoms with Gasteiger partial charge in [0.2, 0.25) is 10.0 Å². The molecule has 4 nitrogen and oxygen atoms in total. The average Bonchev–Trinajstić information content (AvgIpc) is 2.30. The van der Waals surface area contributed by atoms with Gasteiger partial charge in [0.15, 0.2) is 0 Å². The molecule has 0 amide bonds. The van der Waals surface area contributed by atoms with Crippen LogP contribution in [0.15, 0.2) is 18.2 Å². The van der Waals surface area contributed by atoms with Crippen LogP contribution in [0.5, 0.6) is 0 Å². The van der Waals surface area contributed by atoms with Gasteiger partial charge in [0, 0.05) is 11.7 Å². The summed E-state index contributed by atoms with van der Waals surface area (Å²) in [6.07, 6.45) is 2.28. The molecule has 0 aliphatic carbocycles. The Kier molecular flexibility index (Phi) is 5.23. The van der Waals surface area contributed by atoms with Crippen LogP contribution < -0.4 is 10.0 Å². The van der Waals surface area contributed by atoms with Crippen LogP contribution >= 0.6 is 0 Å². The molecule has 0 aromatic heterocycles. The molecule has 0 aliphatic heterocycles. The standard InChI is InChI=1S/C14H24N2O2S/c1-6-10(2)12(4)15-13-7-8-14(11(3)9-13)16-19(5,17)18/h7-10,12,15-16H,6H2,1-5H3. The highest BCUT2D eigenvalue weighted by Gasteiger charge is 2.11. The fourth-order valence-corrected chi connectivity index (χ4v) is 2.45. The van der Waals surface area contributed by atoms with Crippen LogP contribution in [0.4, 0.5) is 11.4 Å². The van der Waals surface area contributed by atoms with Crippen molar-refractivity contribution in [1.29, 1.82) is 0 Å². The number of sulfonamides is 1. The predicted octanol–water partition coefficient (Wildman–Crippen LogP) is 3.21. The average molecular weight is 284 g/mol. The van der Waals surface area contributed by atoms with E-state index in [1.807, 2.05) is 19.1 Å². The lowest BCUT2D eigenvalue weighted by atomic mass is 10.0. The van der Waals surface area contributed by atoms with Crippen LogP contribution in [-0.2, 0) is 10.0 Å². The zero-order valence-corrected chi connectivity index (χ0v) is 13.1. The molecule has 0 spiro atoms. The largest absolute Gasteiger partial charge is 0.382 e. The number of rotatable bonds is 6. The van der Waals surface area contributed by atoms with Crippen molar-refractivity contribution < 1.29 is 8.42 Å². The molecule has 5 heteroatoms. The van der Waals surface area contributed by atoms with E-state index in [2.05, 4.69) is 30.8 Å². The molecule has 0 radical (unpaired) electrons. The van der Waals surface area contributed by atoms with E-state index in [-0.39, 0.29) is 0 Å². The Labute approximate surface area is 116 Å². The molecule has 2 unspecified atom stereocenters. The summed E-state index contributed by atoms with van der Waals surface area (Å²) in [5.74, 6) is 0.592. The summed E-state index contributed by atoms with van der Waals surface area (Å²) < 4.78 is 24.9. The van der Waals surface area contributed by atoms with Crippen molar-refractivity contribution in [1.82, 2.24) is 0 Å². The third-order valence-corrected chi connectivity index (χ3v) is 4.00. The molecule has 0 saturated carbocycles.